The molecule has 1 unspecified atom stereocenters. The number of ether oxygens (including phenoxy) is 7. The summed E-state index contributed by atoms with van der Waals surface area (Å²) >= 11 is 0. The van der Waals surface area contributed by atoms with Crippen molar-refractivity contribution in [2.45, 2.75) is 113 Å². The SMILES string of the molecule is C=C(C)[C@@]12OC3(c4ccccc4)O[C@@H]1[C@@H]1[C@H](OC(C)=O)[C@@]4(C)O[C@@]5([C@@H]4OCc4ccccc4)[C@@H](OC(C)=O)[C@@H](C)C[C@H]5[C@@]1(O)[C@H](C)[C@@H]2O3. The number of rotatable bonds is 7. The summed E-state index contributed by atoms with van der Waals surface area (Å²) < 4.78 is 47.0. The first kappa shape index (κ1) is 32.1. The Morgan fingerprint density at radius 1 is 0.896 bits per heavy atom. The molecule has 256 valence electrons. The van der Waals surface area contributed by atoms with Gasteiger partial charge in [0.25, 0.3) is 0 Å². The highest BCUT2D eigenvalue weighted by atomic mass is 16.9. The van der Waals surface area contributed by atoms with Gasteiger partial charge in [-0.3, -0.25) is 9.59 Å². The summed E-state index contributed by atoms with van der Waals surface area (Å²) in [6.45, 7) is 15.0. The molecule has 4 bridgehead atoms. The van der Waals surface area contributed by atoms with Gasteiger partial charge in [-0.2, -0.15) is 0 Å². The Hall–Kier alpha value is -3.12. The monoisotopic (exact) mass is 660 g/mol. The number of esters is 2. The molecule has 0 aromatic heterocycles. The van der Waals surface area contributed by atoms with Crippen molar-refractivity contribution in [1.29, 1.82) is 0 Å². The van der Waals surface area contributed by atoms with Crippen LogP contribution in [-0.4, -0.2) is 70.0 Å². The topological polar surface area (TPSA) is 119 Å². The molecule has 4 aliphatic heterocycles. The van der Waals surface area contributed by atoms with Crippen molar-refractivity contribution >= 4 is 11.9 Å². The van der Waals surface area contributed by atoms with Crippen molar-refractivity contribution in [3.05, 3.63) is 83.9 Å². The van der Waals surface area contributed by atoms with Crippen LogP contribution in [0.25, 0.3) is 0 Å². The number of hydrogen-bond donors (Lipinski definition) is 1. The molecule has 10 heteroatoms. The third-order valence-electron chi connectivity index (χ3n) is 12.3. The molecule has 2 aromatic carbocycles. The summed E-state index contributed by atoms with van der Waals surface area (Å²) in [6, 6.07) is 19.2. The van der Waals surface area contributed by atoms with E-state index in [0.717, 1.165) is 5.56 Å². The Morgan fingerprint density at radius 2 is 1.50 bits per heavy atom. The summed E-state index contributed by atoms with van der Waals surface area (Å²) in [5.74, 6) is -4.84. The molecule has 6 fully saturated rings. The molecule has 6 aliphatic rings. The maximum Gasteiger partial charge on any atom is 0.313 e. The van der Waals surface area contributed by atoms with Gasteiger partial charge in [0, 0.05) is 31.2 Å². The largest absolute Gasteiger partial charge is 0.459 e. The lowest BCUT2D eigenvalue weighted by Crippen LogP contribution is -2.80. The summed E-state index contributed by atoms with van der Waals surface area (Å²) in [6.07, 6.45) is -3.61. The highest BCUT2D eigenvalue weighted by Crippen LogP contribution is 2.74. The maximum atomic E-state index is 13.7. The van der Waals surface area contributed by atoms with E-state index in [1.54, 1.807) is 0 Å². The smallest absolute Gasteiger partial charge is 0.313 e. The summed E-state index contributed by atoms with van der Waals surface area (Å²) in [4.78, 5) is 25.7. The second-order valence-electron chi connectivity index (χ2n) is 15.0. The van der Waals surface area contributed by atoms with Gasteiger partial charge >= 0.3 is 17.9 Å². The van der Waals surface area contributed by atoms with Crippen LogP contribution in [-0.2, 0) is 55.3 Å². The molecule has 8 rings (SSSR count). The lowest BCUT2D eigenvalue weighted by Gasteiger charge is -2.63. The molecule has 14 atom stereocenters. The van der Waals surface area contributed by atoms with Crippen LogP contribution in [0.15, 0.2) is 72.8 Å². The zero-order chi connectivity index (χ0) is 34.0. The maximum absolute atomic E-state index is 13.7. The van der Waals surface area contributed by atoms with Crippen LogP contribution in [0.4, 0.5) is 0 Å². The zero-order valence-corrected chi connectivity index (χ0v) is 28.2. The minimum absolute atomic E-state index is 0.187. The fraction of sp³-hybridized carbons (Fsp3) is 0.579. The molecule has 10 nitrogen and oxygen atoms in total. The van der Waals surface area contributed by atoms with E-state index in [9.17, 15) is 14.7 Å². The van der Waals surface area contributed by atoms with Crippen LogP contribution in [0.2, 0.25) is 0 Å². The van der Waals surface area contributed by atoms with Gasteiger partial charge in [-0.05, 0) is 37.3 Å². The molecular formula is C38H44O10. The van der Waals surface area contributed by atoms with Gasteiger partial charge in [0.15, 0.2) is 0 Å². The first-order valence-electron chi connectivity index (χ1n) is 17.0. The number of aliphatic hydroxyl groups is 1. The van der Waals surface area contributed by atoms with Crippen LogP contribution in [0.1, 0.15) is 59.1 Å². The van der Waals surface area contributed by atoms with Gasteiger partial charge in [-0.15, -0.1) is 0 Å². The minimum Gasteiger partial charge on any atom is -0.459 e. The molecular weight excluding hydrogens is 616 g/mol. The Morgan fingerprint density at radius 3 is 2.12 bits per heavy atom. The lowest BCUT2D eigenvalue weighted by molar-refractivity contribution is -0.401. The normalized spacial score (nSPS) is 47.7. The Labute approximate surface area is 280 Å². The van der Waals surface area contributed by atoms with Crippen molar-refractivity contribution < 1.29 is 47.9 Å². The minimum atomic E-state index is -1.61. The van der Waals surface area contributed by atoms with Crippen LogP contribution in [0.3, 0.4) is 0 Å². The summed E-state index contributed by atoms with van der Waals surface area (Å²) in [5.41, 5.74) is -3.03. The van der Waals surface area contributed by atoms with Crippen molar-refractivity contribution in [2.24, 2.45) is 23.7 Å². The molecule has 1 N–H and O–H groups in total. The summed E-state index contributed by atoms with van der Waals surface area (Å²) in [7, 11) is 0. The number of carbonyl (C=O) groups is 2. The highest BCUT2D eigenvalue weighted by molar-refractivity contribution is 5.67. The van der Waals surface area contributed by atoms with Crippen molar-refractivity contribution in [3.63, 3.8) is 0 Å². The number of benzene rings is 2. The number of fused-ring (bicyclic) bond motifs is 5. The van der Waals surface area contributed by atoms with Gasteiger partial charge in [0.1, 0.15) is 47.3 Å². The third-order valence-corrected chi connectivity index (χ3v) is 12.3. The molecule has 1 spiro atoms. The fourth-order valence-electron chi connectivity index (χ4n) is 10.6. The lowest BCUT2D eigenvalue weighted by atomic mass is 9.53. The average molecular weight is 661 g/mol. The number of carbonyl (C=O) groups excluding carboxylic acids is 2. The standard InChI is InChI=1S/C38H44O10/c1-20(2)36-30-22(4)35(41)27-18-21(3)29(43-23(5)39)37(27)33(42-19-25-14-10-8-11-15-25)34(7,47-37)31(44-24(6)40)28(35)32(36)46-38(45-30,48-36)26-16-12-9-13-17-26/h8-17,21-22,27-33,41H,1,18-19H2,2-7H3/t21-,22+,27-,28-,29-,30-,31-,32+,33+,34+,35-,36-,37+,38?/m0/s1. The molecule has 0 radical (unpaired) electrons. The van der Waals surface area contributed by atoms with E-state index in [4.69, 9.17) is 33.2 Å². The quantitative estimate of drug-likeness (QED) is 0.334. The molecule has 2 aliphatic carbocycles. The fourth-order valence-corrected chi connectivity index (χ4v) is 10.6. The Balaban J connectivity index is 1.34. The van der Waals surface area contributed by atoms with Gasteiger partial charge < -0.3 is 38.3 Å². The Bertz CT molecular complexity index is 1650. The number of hydrogen-bond acceptors (Lipinski definition) is 10. The molecule has 2 aromatic rings. The predicted octanol–water partition coefficient (Wildman–Crippen LogP) is 4.57. The Kier molecular flexibility index (Phi) is 6.99. The van der Waals surface area contributed by atoms with E-state index in [-0.39, 0.29) is 12.5 Å². The molecule has 2 saturated carbocycles. The second kappa shape index (κ2) is 10.4. The van der Waals surface area contributed by atoms with Gasteiger partial charge in [0.05, 0.1) is 18.1 Å². The van der Waals surface area contributed by atoms with Gasteiger partial charge in [0.2, 0.25) is 0 Å². The molecule has 4 heterocycles. The second-order valence-corrected chi connectivity index (χ2v) is 15.0. The van der Waals surface area contributed by atoms with Crippen molar-refractivity contribution in [2.75, 3.05) is 0 Å². The molecule has 4 saturated heterocycles. The van der Waals surface area contributed by atoms with E-state index in [1.165, 1.54) is 13.8 Å². The molecule has 0 amide bonds. The van der Waals surface area contributed by atoms with E-state index >= 15 is 0 Å². The van der Waals surface area contributed by atoms with Crippen LogP contribution in [0, 0.1) is 23.7 Å². The predicted molar refractivity (Wildman–Crippen MR) is 170 cm³/mol. The van der Waals surface area contributed by atoms with Crippen LogP contribution < -0.4 is 0 Å². The molecule has 48 heavy (non-hydrogen) atoms. The van der Waals surface area contributed by atoms with Crippen molar-refractivity contribution in [3.8, 4) is 0 Å². The zero-order valence-electron chi connectivity index (χ0n) is 28.2. The van der Waals surface area contributed by atoms with E-state index in [0.29, 0.717) is 17.6 Å². The van der Waals surface area contributed by atoms with Crippen LogP contribution in [0.5, 0.6) is 0 Å². The first-order chi connectivity index (χ1) is 22.8. The third kappa shape index (κ3) is 3.84. The highest BCUT2D eigenvalue weighted by Gasteiger charge is 2.90. The average Bonchev–Trinajstić information content (AvgIpc) is 3.66. The summed E-state index contributed by atoms with van der Waals surface area (Å²) in [5, 5.41) is 13.7. The van der Waals surface area contributed by atoms with Gasteiger partial charge in [-0.1, -0.05) is 81.1 Å². The first-order valence-corrected chi connectivity index (χ1v) is 17.0. The van der Waals surface area contributed by atoms with Gasteiger partial charge in [-0.25, -0.2) is 0 Å². The van der Waals surface area contributed by atoms with E-state index in [1.807, 2.05) is 88.4 Å². The van der Waals surface area contributed by atoms with Crippen LogP contribution >= 0.6 is 0 Å². The van der Waals surface area contributed by atoms with Crippen molar-refractivity contribution in [1.82, 2.24) is 0 Å². The van der Waals surface area contributed by atoms with E-state index in [2.05, 4.69) is 6.58 Å². The van der Waals surface area contributed by atoms with E-state index < -0.39 is 88.6 Å².